The summed E-state index contributed by atoms with van der Waals surface area (Å²) in [4.78, 5) is 24.7. The van der Waals surface area contributed by atoms with Crippen LogP contribution in [0.4, 0.5) is 5.82 Å². The number of nitrogens with zero attached hydrogens (tertiary/aromatic N) is 3. The number of carbonyl (C=O) groups is 1. The van der Waals surface area contributed by atoms with Crippen LogP contribution in [0.1, 0.15) is 17.2 Å². The van der Waals surface area contributed by atoms with Gasteiger partial charge in [0, 0.05) is 48.7 Å². The Bertz CT molecular complexity index is 1290. The molecule has 0 bridgehead atoms. The van der Waals surface area contributed by atoms with Crippen molar-refractivity contribution in [2.75, 3.05) is 38.2 Å². The van der Waals surface area contributed by atoms with E-state index in [1.807, 2.05) is 41.3 Å². The number of aliphatic carboxylic acids is 1. The Hall–Kier alpha value is -3.58. The van der Waals surface area contributed by atoms with Crippen LogP contribution < -0.4 is 9.64 Å². The first-order chi connectivity index (χ1) is 15.6. The first-order valence-electron chi connectivity index (χ1n) is 10.8. The molecule has 2 N–H and O–H groups in total. The van der Waals surface area contributed by atoms with Gasteiger partial charge in [0.2, 0.25) is 0 Å². The minimum Gasteiger partial charge on any atom is -0.495 e. The van der Waals surface area contributed by atoms with Gasteiger partial charge >= 0.3 is 5.97 Å². The van der Waals surface area contributed by atoms with Crippen LogP contribution in [0.15, 0.2) is 54.7 Å². The number of piperazine rings is 1. The fourth-order valence-electron chi connectivity index (χ4n) is 4.73. The van der Waals surface area contributed by atoms with Crippen molar-refractivity contribution in [3.63, 3.8) is 0 Å². The molecule has 164 valence electrons. The van der Waals surface area contributed by atoms with Gasteiger partial charge in [-0.15, -0.1) is 0 Å². The zero-order chi connectivity index (χ0) is 22.2. The van der Waals surface area contributed by atoms with Gasteiger partial charge < -0.3 is 19.7 Å². The maximum absolute atomic E-state index is 12.3. The summed E-state index contributed by atoms with van der Waals surface area (Å²) in [5.74, 6) is 0.812. The molecular formula is C25H26N4O3. The highest BCUT2D eigenvalue weighted by Gasteiger charge is 2.32. The molecule has 1 saturated heterocycles. The Morgan fingerprint density at radius 2 is 1.84 bits per heavy atom. The molecule has 1 aliphatic rings. The summed E-state index contributed by atoms with van der Waals surface area (Å²) >= 11 is 0. The minimum absolute atomic E-state index is 0.640. The number of hydrogen-bond donors (Lipinski definition) is 2. The first kappa shape index (κ1) is 20.3. The summed E-state index contributed by atoms with van der Waals surface area (Å²) in [6, 6.07) is 15.3. The van der Waals surface area contributed by atoms with Crippen molar-refractivity contribution in [3.8, 4) is 5.75 Å². The van der Waals surface area contributed by atoms with Crippen molar-refractivity contribution in [3.05, 3.63) is 65.9 Å². The molecule has 2 aromatic carbocycles. The number of carboxylic acids is 1. The number of pyridine rings is 1. The minimum atomic E-state index is -0.846. The number of nitrogens with one attached hydrogen (secondary N) is 1. The van der Waals surface area contributed by atoms with Crippen molar-refractivity contribution in [2.45, 2.75) is 13.0 Å². The molecule has 0 unspecified atom stereocenters. The highest BCUT2D eigenvalue weighted by Crippen LogP contribution is 2.34. The number of carboxylic acid groups (broad SMARTS) is 1. The second-order valence-electron chi connectivity index (χ2n) is 8.21. The SMILES string of the molecule is COc1cccc2c([C@@H](C(=O)O)N3CCN(c4cc(C)c5ccccc5n4)CC3)c[nH]c12. The number of anilines is 1. The van der Waals surface area contributed by atoms with Crippen molar-refractivity contribution >= 4 is 33.6 Å². The lowest BCUT2D eigenvalue weighted by Crippen LogP contribution is -2.49. The zero-order valence-electron chi connectivity index (χ0n) is 18.2. The summed E-state index contributed by atoms with van der Waals surface area (Å²) < 4.78 is 5.42. The lowest BCUT2D eigenvalue weighted by Gasteiger charge is -2.38. The maximum atomic E-state index is 12.3. The zero-order valence-corrected chi connectivity index (χ0v) is 18.2. The Balaban J connectivity index is 1.40. The third-order valence-electron chi connectivity index (χ3n) is 6.37. The van der Waals surface area contributed by atoms with Gasteiger partial charge in [-0.05, 0) is 30.7 Å². The van der Waals surface area contributed by atoms with E-state index < -0.39 is 12.0 Å². The Kier molecular flexibility index (Phi) is 5.19. The standard InChI is InChI=1S/C25H26N4O3/c1-16-14-22(27-20-8-4-3-6-17(16)20)28-10-12-29(13-11-28)24(25(30)31)19-15-26-23-18(19)7-5-9-21(23)32-2/h3-9,14-15,24,26H,10-13H2,1-2H3,(H,30,31)/t24-/m0/s1. The van der Waals surface area contributed by atoms with Gasteiger partial charge in [-0.2, -0.15) is 0 Å². The number of hydrogen-bond acceptors (Lipinski definition) is 5. The summed E-state index contributed by atoms with van der Waals surface area (Å²) in [5, 5.41) is 12.2. The number of H-pyrrole nitrogens is 1. The van der Waals surface area contributed by atoms with Gasteiger partial charge in [-0.1, -0.05) is 30.3 Å². The third-order valence-corrected chi connectivity index (χ3v) is 6.37. The molecular weight excluding hydrogens is 404 g/mol. The third kappa shape index (κ3) is 3.44. The molecule has 0 radical (unpaired) electrons. The average Bonchev–Trinajstić information content (AvgIpc) is 3.23. The molecule has 3 heterocycles. The van der Waals surface area contributed by atoms with Crippen molar-refractivity contribution in [2.24, 2.45) is 0 Å². The number of para-hydroxylation sites is 2. The van der Waals surface area contributed by atoms with Crippen LogP contribution in [0, 0.1) is 6.92 Å². The quantitative estimate of drug-likeness (QED) is 0.498. The van der Waals surface area contributed by atoms with Gasteiger partial charge in [0.25, 0.3) is 0 Å². The lowest BCUT2D eigenvalue weighted by atomic mass is 10.0. The van der Waals surface area contributed by atoms with E-state index in [2.05, 4.69) is 28.9 Å². The number of aromatic nitrogens is 2. The predicted octanol–water partition coefficient (Wildman–Crippen LogP) is 3.98. The van der Waals surface area contributed by atoms with E-state index in [1.54, 1.807) is 13.3 Å². The molecule has 7 nitrogen and oxygen atoms in total. The van der Waals surface area contributed by atoms with Crippen LogP contribution in [-0.2, 0) is 4.79 Å². The van der Waals surface area contributed by atoms with Crippen LogP contribution in [0.3, 0.4) is 0 Å². The highest BCUT2D eigenvalue weighted by molar-refractivity contribution is 5.92. The number of ether oxygens (including phenoxy) is 1. The van der Waals surface area contributed by atoms with E-state index in [-0.39, 0.29) is 0 Å². The molecule has 0 amide bonds. The molecule has 0 aliphatic carbocycles. The smallest absolute Gasteiger partial charge is 0.325 e. The maximum Gasteiger partial charge on any atom is 0.325 e. The van der Waals surface area contributed by atoms with Crippen LogP contribution >= 0.6 is 0 Å². The number of rotatable bonds is 5. The van der Waals surface area contributed by atoms with E-state index in [0.29, 0.717) is 18.8 Å². The molecule has 1 atom stereocenters. The molecule has 1 aliphatic heterocycles. The van der Waals surface area contributed by atoms with Crippen LogP contribution in [0.5, 0.6) is 5.75 Å². The molecule has 0 spiro atoms. The molecule has 32 heavy (non-hydrogen) atoms. The molecule has 0 saturated carbocycles. The van der Waals surface area contributed by atoms with Crippen molar-refractivity contribution in [1.82, 2.24) is 14.9 Å². The topological polar surface area (TPSA) is 81.7 Å². The van der Waals surface area contributed by atoms with Crippen LogP contribution in [-0.4, -0.2) is 59.2 Å². The summed E-state index contributed by atoms with van der Waals surface area (Å²) in [6.45, 7) is 4.83. The van der Waals surface area contributed by atoms with Gasteiger partial charge in [-0.3, -0.25) is 9.69 Å². The van der Waals surface area contributed by atoms with Gasteiger partial charge in [0.05, 0.1) is 18.1 Å². The summed E-state index contributed by atoms with van der Waals surface area (Å²) in [5.41, 5.74) is 3.77. The summed E-state index contributed by atoms with van der Waals surface area (Å²) in [7, 11) is 1.62. The molecule has 5 rings (SSSR count). The second-order valence-corrected chi connectivity index (χ2v) is 8.21. The van der Waals surface area contributed by atoms with Gasteiger partial charge in [0.15, 0.2) is 0 Å². The Morgan fingerprint density at radius 1 is 1.09 bits per heavy atom. The Morgan fingerprint density at radius 3 is 2.59 bits per heavy atom. The fraction of sp³-hybridized carbons (Fsp3) is 0.280. The Labute approximate surface area is 186 Å². The average molecular weight is 431 g/mol. The van der Waals surface area contributed by atoms with Crippen LogP contribution in [0.25, 0.3) is 21.8 Å². The second kappa shape index (κ2) is 8.16. The molecule has 7 heteroatoms. The van der Waals surface area contributed by atoms with Gasteiger partial charge in [-0.25, -0.2) is 4.98 Å². The normalized spacial score (nSPS) is 15.9. The van der Waals surface area contributed by atoms with E-state index in [9.17, 15) is 9.90 Å². The van der Waals surface area contributed by atoms with Crippen molar-refractivity contribution < 1.29 is 14.6 Å². The van der Waals surface area contributed by atoms with Crippen LogP contribution in [0.2, 0.25) is 0 Å². The van der Waals surface area contributed by atoms with Crippen molar-refractivity contribution in [1.29, 1.82) is 0 Å². The number of fused-ring (bicyclic) bond motifs is 2. The lowest BCUT2D eigenvalue weighted by molar-refractivity contribution is -0.143. The number of benzene rings is 2. The number of aromatic amines is 1. The molecule has 2 aromatic heterocycles. The van der Waals surface area contributed by atoms with E-state index in [0.717, 1.165) is 46.3 Å². The molecule has 4 aromatic rings. The van der Waals surface area contributed by atoms with E-state index >= 15 is 0 Å². The van der Waals surface area contributed by atoms with E-state index in [1.165, 1.54) is 5.56 Å². The summed E-state index contributed by atoms with van der Waals surface area (Å²) in [6.07, 6.45) is 1.80. The van der Waals surface area contributed by atoms with Gasteiger partial charge in [0.1, 0.15) is 17.6 Å². The highest BCUT2D eigenvalue weighted by atomic mass is 16.5. The number of aryl methyl sites for hydroxylation is 1. The van der Waals surface area contributed by atoms with E-state index in [4.69, 9.17) is 9.72 Å². The monoisotopic (exact) mass is 430 g/mol. The fourth-order valence-corrected chi connectivity index (χ4v) is 4.73. The number of methoxy groups -OCH3 is 1. The largest absolute Gasteiger partial charge is 0.495 e. The first-order valence-corrected chi connectivity index (χ1v) is 10.8. The predicted molar refractivity (Wildman–Crippen MR) is 125 cm³/mol. The molecule has 1 fully saturated rings.